The van der Waals surface area contributed by atoms with Gasteiger partial charge in [-0.15, -0.1) is 5.92 Å². The summed E-state index contributed by atoms with van der Waals surface area (Å²) in [4.78, 5) is 2.36. The van der Waals surface area contributed by atoms with Gasteiger partial charge < -0.3 is 9.64 Å². The molecular formula is C12H23NO. The second-order valence-corrected chi connectivity index (χ2v) is 3.49. The summed E-state index contributed by atoms with van der Waals surface area (Å²) in [7, 11) is 2.17. The molecule has 0 aromatic rings. The maximum absolute atomic E-state index is 5.33. The van der Waals surface area contributed by atoms with Crippen LogP contribution in [0.15, 0.2) is 0 Å². The van der Waals surface area contributed by atoms with E-state index in [0.29, 0.717) is 6.61 Å². The van der Waals surface area contributed by atoms with Crippen LogP contribution in [0.5, 0.6) is 0 Å². The van der Waals surface area contributed by atoms with Crippen LogP contribution >= 0.6 is 0 Å². The Balaban J connectivity index is 3.13. The van der Waals surface area contributed by atoms with Crippen molar-refractivity contribution in [2.45, 2.75) is 33.1 Å². The minimum atomic E-state index is 0.579. The minimum Gasteiger partial charge on any atom is -0.369 e. The minimum absolute atomic E-state index is 0.579. The molecule has 0 unspecified atom stereocenters. The summed E-state index contributed by atoms with van der Waals surface area (Å²) >= 11 is 0. The highest BCUT2D eigenvalue weighted by atomic mass is 16.5. The quantitative estimate of drug-likeness (QED) is 0.437. The zero-order chi connectivity index (χ0) is 10.6. The van der Waals surface area contributed by atoms with Gasteiger partial charge in [0.25, 0.3) is 0 Å². The molecule has 0 aromatic carbocycles. The average Bonchev–Trinajstić information content (AvgIpc) is 2.20. The number of unbranched alkanes of at least 4 members (excludes halogenated alkanes) is 1. The van der Waals surface area contributed by atoms with Gasteiger partial charge in [-0.1, -0.05) is 19.3 Å². The Hall–Kier alpha value is -0.520. The highest BCUT2D eigenvalue weighted by molar-refractivity contribution is 4.94. The zero-order valence-electron chi connectivity index (χ0n) is 9.81. The van der Waals surface area contributed by atoms with Crippen LogP contribution in [0.4, 0.5) is 0 Å². The molecule has 0 fully saturated rings. The van der Waals surface area contributed by atoms with Gasteiger partial charge in [-0.3, -0.25) is 0 Å². The lowest BCUT2D eigenvalue weighted by Gasteiger charge is -2.15. The number of ether oxygens (including phenoxy) is 1. The summed E-state index contributed by atoms with van der Waals surface area (Å²) in [5.74, 6) is 5.69. The molecule has 0 bridgehead atoms. The molecule has 0 amide bonds. The van der Waals surface area contributed by atoms with Gasteiger partial charge in [0.1, 0.15) is 6.61 Å². The van der Waals surface area contributed by atoms with E-state index in [1.54, 1.807) is 0 Å². The van der Waals surface area contributed by atoms with Gasteiger partial charge in [0.05, 0.1) is 0 Å². The van der Waals surface area contributed by atoms with Gasteiger partial charge in [0.2, 0.25) is 0 Å². The molecule has 0 aliphatic heterocycles. The standard InChI is InChI=1S/C12H23NO/c1-4-6-9-13(3)10-8-12-14-11-7-5-2/h4,6,8-12H2,1-3H3. The predicted octanol–water partition coefficient (Wildman–Crippen LogP) is 2.15. The van der Waals surface area contributed by atoms with Crippen LogP contribution in [0.25, 0.3) is 0 Å². The van der Waals surface area contributed by atoms with E-state index in [-0.39, 0.29) is 0 Å². The molecule has 0 aliphatic rings. The number of nitrogens with zero attached hydrogens (tertiary/aromatic N) is 1. The molecule has 2 nitrogen and oxygen atoms in total. The van der Waals surface area contributed by atoms with E-state index in [1.807, 2.05) is 6.92 Å². The van der Waals surface area contributed by atoms with Crippen LogP contribution in [0, 0.1) is 11.8 Å². The molecule has 0 radical (unpaired) electrons. The largest absolute Gasteiger partial charge is 0.369 e. The Morgan fingerprint density at radius 2 is 1.93 bits per heavy atom. The monoisotopic (exact) mass is 197 g/mol. The van der Waals surface area contributed by atoms with Crippen molar-refractivity contribution in [1.29, 1.82) is 0 Å². The molecular weight excluding hydrogens is 174 g/mol. The van der Waals surface area contributed by atoms with E-state index in [0.717, 1.165) is 19.6 Å². The van der Waals surface area contributed by atoms with Gasteiger partial charge in [0, 0.05) is 13.2 Å². The van der Waals surface area contributed by atoms with Crippen LogP contribution in [-0.2, 0) is 4.74 Å². The molecule has 82 valence electrons. The fraction of sp³-hybridized carbons (Fsp3) is 0.833. The van der Waals surface area contributed by atoms with Crippen LogP contribution in [-0.4, -0.2) is 38.3 Å². The van der Waals surface area contributed by atoms with Crippen LogP contribution in [0.1, 0.15) is 33.1 Å². The third kappa shape index (κ3) is 9.57. The number of hydrogen-bond donors (Lipinski definition) is 0. The zero-order valence-corrected chi connectivity index (χ0v) is 9.81. The Kier molecular flexibility index (Phi) is 10.2. The third-order valence-corrected chi connectivity index (χ3v) is 2.07. The van der Waals surface area contributed by atoms with Gasteiger partial charge in [-0.2, -0.15) is 0 Å². The molecule has 0 atom stereocenters. The van der Waals surface area contributed by atoms with Crippen molar-refractivity contribution in [3.63, 3.8) is 0 Å². The van der Waals surface area contributed by atoms with E-state index in [9.17, 15) is 0 Å². The lowest BCUT2D eigenvalue weighted by atomic mass is 10.3. The van der Waals surface area contributed by atoms with Crippen molar-refractivity contribution >= 4 is 0 Å². The molecule has 0 heterocycles. The second kappa shape index (κ2) is 10.6. The topological polar surface area (TPSA) is 12.5 Å². The van der Waals surface area contributed by atoms with Crippen molar-refractivity contribution in [1.82, 2.24) is 4.90 Å². The van der Waals surface area contributed by atoms with Crippen molar-refractivity contribution in [3.05, 3.63) is 0 Å². The summed E-state index contributed by atoms with van der Waals surface area (Å²) < 4.78 is 5.33. The Labute approximate surface area is 88.6 Å². The van der Waals surface area contributed by atoms with Gasteiger partial charge in [0.15, 0.2) is 0 Å². The maximum Gasteiger partial charge on any atom is 0.107 e. The van der Waals surface area contributed by atoms with E-state index in [2.05, 4.69) is 30.7 Å². The van der Waals surface area contributed by atoms with E-state index in [4.69, 9.17) is 4.74 Å². The lowest BCUT2D eigenvalue weighted by Crippen LogP contribution is -2.21. The first-order chi connectivity index (χ1) is 6.81. The van der Waals surface area contributed by atoms with Gasteiger partial charge >= 0.3 is 0 Å². The first kappa shape index (κ1) is 13.5. The Bertz CT molecular complexity index is 169. The normalized spacial score (nSPS) is 10.0. The Morgan fingerprint density at radius 1 is 1.21 bits per heavy atom. The molecule has 14 heavy (non-hydrogen) atoms. The molecule has 2 heteroatoms. The Morgan fingerprint density at radius 3 is 2.57 bits per heavy atom. The molecule has 0 N–H and O–H groups in total. The first-order valence-electron chi connectivity index (χ1n) is 5.47. The average molecular weight is 197 g/mol. The third-order valence-electron chi connectivity index (χ3n) is 2.07. The molecule has 0 aromatic heterocycles. The fourth-order valence-corrected chi connectivity index (χ4v) is 1.17. The molecule has 0 saturated carbocycles. The first-order valence-corrected chi connectivity index (χ1v) is 5.47. The smallest absolute Gasteiger partial charge is 0.107 e. The van der Waals surface area contributed by atoms with Crippen molar-refractivity contribution in [3.8, 4) is 11.8 Å². The van der Waals surface area contributed by atoms with Crippen LogP contribution in [0.3, 0.4) is 0 Å². The van der Waals surface area contributed by atoms with Crippen molar-refractivity contribution < 1.29 is 4.74 Å². The van der Waals surface area contributed by atoms with E-state index >= 15 is 0 Å². The highest BCUT2D eigenvalue weighted by Crippen LogP contribution is 1.93. The van der Waals surface area contributed by atoms with Crippen LogP contribution in [0.2, 0.25) is 0 Å². The summed E-state index contributed by atoms with van der Waals surface area (Å²) in [5, 5.41) is 0. The molecule has 0 spiro atoms. The number of hydrogen-bond acceptors (Lipinski definition) is 2. The lowest BCUT2D eigenvalue weighted by molar-refractivity contribution is 0.152. The molecule has 0 aliphatic carbocycles. The maximum atomic E-state index is 5.33. The van der Waals surface area contributed by atoms with Crippen molar-refractivity contribution in [2.24, 2.45) is 0 Å². The SMILES string of the molecule is CC#CCOCCCN(C)CCCC. The van der Waals surface area contributed by atoms with Gasteiger partial charge in [-0.05, 0) is 33.4 Å². The fourth-order valence-electron chi connectivity index (χ4n) is 1.17. The predicted molar refractivity (Wildman–Crippen MR) is 61.3 cm³/mol. The van der Waals surface area contributed by atoms with E-state index < -0.39 is 0 Å². The summed E-state index contributed by atoms with van der Waals surface area (Å²) in [6, 6.07) is 0. The van der Waals surface area contributed by atoms with Gasteiger partial charge in [-0.25, -0.2) is 0 Å². The summed E-state index contributed by atoms with van der Waals surface area (Å²) in [6.45, 7) is 7.79. The molecule has 0 saturated heterocycles. The highest BCUT2D eigenvalue weighted by Gasteiger charge is 1.96. The van der Waals surface area contributed by atoms with E-state index in [1.165, 1.54) is 19.4 Å². The second-order valence-electron chi connectivity index (χ2n) is 3.49. The summed E-state index contributed by atoms with van der Waals surface area (Å²) in [6.07, 6.45) is 3.66. The molecule has 0 rings (SSSR count). The number of rotatable bonds is 8. The van der Waals surface area contributed by atoms with Crippen LogP contribution < -0.4 is 0 Å². The van der Waals surface area contributed by atoms with Crippen molar-refractivity contribution in [2.75, 3.05) is 33.4 Å². The summed E-state index contributed by atoms with van der Waals surface area (Å²) in [5.41, 5.74) is 0.